The van der Waals surface area contributed by atoms with Gasteiger partial charge in [0.1, 0.15) is 5.37 Å². The fraction of sp³-hybridized carbons (Fsp3) is 0.345. The molecule has 8 heteroatoms. The van der Waals surface area contributed by atoms with E-state index in [9.17, 15) is 18.3 Å². The zero-order chi connectivity index (χ0) is 26.3. The number of hydrogen-bond acceptors (Lipinski definition) is 6. The first-order valence-corrected chi connectivity index (χ1v) is 15.0. The van der Waals surface area contributed by atoms with Crippen molar-refractivity contribution in [3.05, 3.63) is 90.5 Å². The average Bonchev–Trinajstić information content (AvgIpc) is 3.44. The Bertz CT molecular complexity index is 1250. The van der Waals surface area contributed by atoms with Crippen LogP contribution in [-0.2, 0) is 14.8 Å². The highest BCUT2D eigenvalue weighted by Crippen LogP contribution is 2.34. The third-order valence-corrected chi connectivity index (χ3v) is 10.0. The lowest BCUT2D eigenvalue weighted by Gasteiger charge is -2.25. The summed E-state index contributed by atoms with van der Waals surface area (Å²) in [6, 6.07) is 26.6. The number of sulfonamides is 1. The summed E-state index contributed by atoms with van der Waals surface area (Å²) >= 11 is 1.40. The maximum Gasteiger partial charge on any atom is 0.244 e. The molecule has 0 radical (unpaired) electrons. The molecule has 1 aliphatic rings. The van der Waals surface area contributed by atoms with Gasteiger partial charge in [-0.05, 0) is 54.8 Å². The third kappa shape index (κ3) is 6.89. The maximum absolute atomic E-state index is 13.6. The lowest BCUT2D eigenvalue weighted by atomic mass is 9.90. The molecule has 0 amide bonds. The molecule has 0 spiro atoms. The van der Waals surface area contributed by atoms with Crippen LogP contribution in [0, 0.1) is 0 Å². The minimum atomic E-state index is -3.81. The van der Waals surface area contributed by atoms with Crippen LogP contribution < -0.4 is 0 Å². The third-order valence-electron chi connectivity index (χ3n) is 6.75. The van der Waals surface area contributed by atoms with Crippen molar-refractivity contribution in [3.8, 4) is 11.1 Å². The number of ketones is 1. The van der Waals surface area contributed by atoms with Gasteiger partial charge in [0.2, 0.25) is 10.0 Å². The highest BCUT2D eigenvalue weighted by Gasteiger charge is 2.40. The van der Waals surface area contributed by atoms with E-state index in [1.54, 1.807) is 12.1 Å². The lowest BCUT2D eigenvalue weighted by molar-refractivity contribution is -0.120. The highest BCUT2D eigenvalue weighted by atomic mass is 32.2. The molecule has 0 saturated carbocycles. The van der Waals surface area contributed by atoms with Crippen LogP contribution in [-0.4, -0.2) is 72.9 Å². The van der Waals surface area contributed by atoms with E-state index < -0.39 is 15.4 Å². The number of carbonyl (C=O) groups excluding carboxylic acids is 1. The number of likely N-dealkylation sites (N-methyl/N-ethyl adjacent to an activating group) is 1. The van der Waals surface area contributed by atoms with Crippen LogP contribution in [0.2, 0.25) is 0 Å². The Morgan fingerprint density at radius 1 is 0.973 bits per heavy atom. The molecule has 3 aromatic rings. The monoisotopic (exact) mass is 538 g/mol. The Kier molecular flexibility index (Phi) is 9.56. The number of benzene rings is 3. The summed E-state index contributed by atoms with van der Waals surface area (Å²) < 4.78 is 28.5. The van der Waals surface area contributed by atoms with Crippen LogP contribution in [0.3, 0.4) is 0 Å². The number of carbonyl (C=O) groups is 1. The van der Waals surface area contributed by atoms with Gasteiger partial charge in [-0.25, -0.2) is 8.42 Å². The first-order chi connectivity index (χ1) is 17.9. The standard InChI is InChI=1S/C29H34N2O4S2/c1-30(18-20-32)17-16-26(24-10-6-3-7-11-24)22-28(33)29-31(19-21-36-29)37(34,35)27-14-12-25(13-15-27)23-8-4-2-5-9-23/h2-15,26,29,32H,16-22H2,1H3/t26-,29+/m1/s1. The first kappa shape index (κ1) is 27.5. The van der Waals surface area contributed by atoms with Crippen LogP contribution in [0.25, 0.3) is 11.1 Å². The van der Waals surface area contributed by atoms with Gasteiger partial charge < -0.3 is 10.0 Å². The summed E-state index contributed by atoms with van der Waals surface area (Å²) in [4.78, 5) is 15.8. The van der Waals surface area contributed by atoms with Gasteiger partial charge in [-0.15, -0.1) is 11.8 Å². The zero-order valence-electron chi connectivity index (χ0n) is 21.1. The lowest BCUT2D eigenvalue weighted by Crippen LogP contribution is -2.40. The first-order valence-electron chi connectivity index (χ1n) is 12.6. The van der Waals surface area contributed by atoms with E-state index in [2.05, 4.69) is 0 Å². The number of hydrogen-bond donors (Lipinski definition) is 1. The van der Waals surface area contributed by atoms with Gasteiger partial charge in [-0.3, -0.25) is 4.79 Å². The minimum absolute atomic E-state index is 0.0225. The number of thioether (sulfide) groups is 1. The topological polar surface area (TPSA) is 77.9 Å². The molecule has 1 saturated heterocycles. The van der Waals surface area contributed by atoms with Crippen LogP contribution >= 0.6 is 11.8 Å². The number of aliphatic hydroxyl groups is 1. The van der Waals surface area contributed by atoms with Crippen LogP contribution in [0.5, 0.6) is 0 Å². The van der Waals surface area contributed by atoms with Crippen LogP contribution in [0.4, 0.5) is 0 Å². The molecule has 0 aliphatic carbocycles. The fourth-order valence-electron chi connectivity index (χ4n) is 4.65. The maximum atomic E-state index is 13.6. The molecule has 4 rings (SSSR count). The summed E-state index contributed by atoms with van der Waals surface area (Å²) in [5.41, 5.74) is 3.04. The summed E-state index contributed by atoms with van der Waals surface area (Å²) in [6.45, 7) is 1.71. The van der Waals surface area contributed by atoms with Gasteiger partial charge in [0.05, 0.1) is 11.5 Å². The second-order valence-corrected chi connectivity index (χ2v) is 12.4. The molecule has 0 aromatic heterocycles. The normalized spacial score (nSPS) is 17.2. The molecule has 1 aliphatic heterocycles. The Morgan fingerprint density at radius 2 is 1.59 bits per heavy atom. The molecule has 196 valence electrons. The molecule has 0 unspecified atom stereocenters. The van der Waals surface area contributed by atoms with E-state index in [-0.39, 0.29) is 29.6 Å². The molecule has 37 heavy (non-hydrogen) atoms. The van der Waals surface area contributed by atoms with Crippen molar-refractivity contribution < 1.29 is 18.3 Å². The molecular formula is C29H34N2O4S2. The van der Waals surface area contributed by atoms with Crippen molar-refractivity contribution in [3.63, 3.8) is 0 Å². The van der Waals surface area contributed by atoms with E-state index in [0.717, 1.165) is 29.7 Å². The predicted molar refractivity (Wildman–Crippen MR) is 150 cm³/mol. The van der Waals surface area contributed by atoms with Crippen molar-refractivity contribution >= 4 is 27.6 Å². The van der Waals surface area contributed by atoms with Gasteiger partial charge in [-0.2, -0.15) is 4.31 Å². The second kappa shape index (κ2) is 12.8. The van der Waals surface area contributed by atoms with Crippen molar-refractivity contribution in [2.24, 2.45) is 0 Å². The molecule has 1 fully saturated rings. The number of aliphatic hydroxyl groups excluding tert-OH is 1. The van der Waals surface area contributed by atoms with E-state index in [1.165, 1.54) is 16.1 Å². The predicted octanol–water partition coefficient (Wildman–Crippen LogP) is 4.47. The van der Waals surface area contributed by atoms with Gasteiger partial charge in [0, 0.05) is 25.3 Å². The van der Waals surface area contributed by atoms with Crippen molar-refractivity contribution in [2.45, 2.75) is 29.0 Å². The largest absolute Gasteiger partial charge is 0.395 e. The SMILES string of the molecule is CN(CCO)CC[C@H](CC(=O)[C@@H]1SCCN1S(=O)(=O)c1ccc(-c2ccccc2)cc1)c1ccccc1. The van der Waals surface area contributed by atoms with Crippen molar-refractivity contribution in [1.82, 2.24) is 9.21 Å². The van der Waals surface area contributed by atoms with Crippen molar-refractivity contribution in [1.29, 1.82) is 0 Å². The Balaban J connectivity index is 1.49. The smallest absolute Gasteiger partial charge is 0.244 e. The second-order valence-electron chi connectivity index (χ2n) is 9.32. The number of Topliss-reactive ketones (excluding diaryl/α,β-unsaturated/α-hetero) is 1. The molecular weight excluding hydrogens is 504 g/mol. The van der Waals surface area contributed by atoms with Crippen LogP contribution in [0.15, 0.2) is 89.8 Å². The number of rotatable bonds is 12. The average molecular weight is 539 g/mol. The molecule has 1 N–H and O–H groups in total. The molecule has 0 bridgehead atoms. The minimum Gasteiger partial charge on any atom is -0.395 e. The van der Waals surface area contributed by atoms with E-state index in [4.69, 9.17) is 0 Å². The highest BCUT2D eigenvalue weighted by molar-refractivity contribution is 8.02. The Labute approximate surface area is 224 Å². The van der Waals surface area contributed by atoms with Crippen LogP contribution in [0.1, 0.15) is 24.3 Å². The zero-order valence-corrected chi connectivity index (χ0v) is 22.7. The molecule has 2 atom stereocenters. The van der Waals surface area contributed by atoms with E-state index in [0.29, 0.717) is 18.8 Å². The van der Waals surface area contributed by atoms with Gasteiger partial charge in [0.15, 0.2) is 5.78 Å². The van der Waals surface area contributed by atoms with Gasteiger partial charge in [-0.1, -0.05) is 72.8 Å². The fourth-order valence-corrected chi connectivity index (χ4v) is 7.82. The summed E-state index contributed by atoms with van der Waals surface area (Å²) in [5, 5.41) is 8.50. The quantitative estimate of drug-likeness (QED) is 0.367. The molecule has 1 heterocycles. The summed E-state index contributed by atoms with van der Waals surface area (Å²) in [7, 11) is -1.86. The number of nitrogens with zero attached hydrogens (tertiary/aromatic N) is 2. The summed E-state index contributed by atoms with van der Waals surface area (Å²) in [6.07, 6.45) is 1.02. The van der Waals surface area contributed by atoms with Gasteiger partial charge >= 0.3 is 0 Å². The van der Waals surface area contributed by atoms with Crippen molar-refractivity contribution in [2.75, 3.05) is 39.0 Å². The van der Waals surface area contributed by atoms with E-state index >= 15 is 0 Å². The Hall–Kier alpha value is -2.49. The molecule has 3 aromatic carbocycles. The van der Waals surface area contributed by atoms with Gasteiger partial charge in [0.25, 0.3) is 0 Å². The van der Waals surface area contributed by atoms with E-state index in [1.807, 2.05) is 84.7 Å². The summed E-state index contributed by atoms with van der Waals surface area (Å²) in [5.74, 6) is 0.504. The molecule has 6 nitrogen and oxygen atoms in total. The Morgan fingerprint density at radius 3 is 2.24 bits per heavy atom.